The van der Waals surface area contributed by atoms with Gasteiger partial charge in [0.1, 0.15) is 0 Å². The molecule has 0 aliphatic carbocycles. The van der Waals surface area contributed by atoms with Gasteiger partial charge in [0.25, 0.3) is 0 Å². The van der Waals surface area contributed by atoms with Crippen LogP contribution < -0.4 is 5.32 Å². The number of aromatic nitrogens is 1. The quantitative estimate of drug-likeness (QED) is 0.525. The number of hydrogen-bond acceptors (Lipinski definition) is 3. The average Bonchev–Trinajstić information content (AvgIpc) is 2.44. The third-order valence-corrected chi connectivity index (χ3v) is 3.86. The molecule has 19 heavy (non-hydrogen) atoms. The van der Waals surface area contributed by atoms with Crippen LogP contribution in [0, 0.1) is 0 Å². The maximum Gasteiger partial charge on any atom is 0.220 e. The van der Waals surface area contributed by atoms with Crippen molar-refractivity contribution >= 4 is 17.7 Å². The summed E-state index contributed by atoms with van der Waals surface area (Å²) in [4.78, 5) is 16.7. The molecule has 1 amide bonds. The molecule has 0 radical (unpaired) electrons. The van der Waals surface area contributed by atoms with Crippen LogP contribution in [-0.4, -0.2) is 23.2 Å². The van der Waals surface area contributed by atoms with Crippen molar-refractivity contribution in [3.63, 3.8) is 0 Å². The van der Waals surface area contributed by atoms with Gasteiger partial charge in [-0.15, -0.1) is 11.8 Å². The Morgan fingerprint density at radius 3 is 2.68 bits per heavy atom. The number of nitrogens with zero attached hydrogens (tertiary/aromatic N) is 1. The third-order valence-electron chi connectivity index (χ3n) is 2.85. The van der Waals surface area contributed by atoms with Gasteiger partial charge in [-0.25, -0.2) is 0 Å². The van der Waals surface area contributed by atoms with Crippen molar-refractivity contribution < 1.29 is 4.79 Å². The second kappa shape index (κ2) is 10.9. The molecule has 0 atom stereocenters. The van der Waals surface area contributed by atoms with E-state index in [1.807, 2.05) is 12.1 Å². The van der Waals surface area contributed by atoms with Gasteiger partial charge in [0.2, 0.25) is 5.91 Å². The van der Waals surface area contributed by atoms with Crippen molar-refractivity contribution in [2.75, 3.05) is 12.3 Å². The number of nitrogens with one attached hydrogen (secondary N) is 1. The second-order valence-electron chi connectivity index (χ2n) is 4.55. The summed E-state index contributed by atoms with van der Waals surface area (Å²) in [5.41, 5.74) is 0. The summed E-state index contributed by atoms with van der Waals surface area (Å²) in [6, 6.07) is 3.97. The molecule has 1 aromatic heterocycles. The summed E-state index contributed by atoms with van der Waals surface area (Å²) in [6.45, 7) is 2.94. The summed E-state index contributed by atoms with van der Waals surface area (Å²) >= 11 is 1.74. The smallest absolute Gasteiger partial charge is 0.220 e. The number of carbonyl (C=O) groups is 1. The van der Waals surface area contributed by atoms with Crippen LogP contribution in [0.15, 0.2) is 29.4 Å². The van der Waals surface area contributed by atoms with E-state index in [4.69, 9.17) is 0 Å². The van der Waals surface area contributed by atoms with Crippen LogP contribution in [0.2, 0.25) is 0 Å². The van der Waals surface area contributed by atoms with Crippen molar-refractivity contribution in [1.29, 1.82) is 0 Å². The van der Waals surface area contributed by atoms with Crippen LogP contribution in [0.5, 0.6) is 0 Å². The molecule has 1 rings (SSSR count). The fourth-order valence-electron chi connectivity index (χ4n) is 1.77. The molecule has 0 aliphatic heterocycles. The van der Waals surface area contributed by atoms with Gasteiger partial charge in [-0.1, -0.05) is 32.6 Å². The highest BCUT2D eigenvalue weighted by Gasteiger charge is 2.00. The Kier molecular flexibility index (Phi) is 9.15. The zero-order chi connectivity index (χ0) is 13.8. The highest BCUT2D eigenvalue weighted by Crippen LogP contribution is 2.14. The number of hydrogen-bond donors (Lipinski definition) is 1. The minimum atomic E-state index is 0.187. The molecule has 0 fully saturated rings. The molecule has 0 saturated carbocycles. The van der Waals surface area contributed by atoms with Gasteiger partial charge >= 0.3 is 0 Å². The van der Waals surface area contributed by atoms with Crippen molar-refractivity contribution in [3.8, 4) is 0 Å². The predicted molar refractivity (Wildman–Crippen MR) is 81.3 cm³/mol. The summed E-state index contributed by atoms with van der Waals surface area (Å²) in [6.07, 6.45) is 10.2. The van der Waals surface area contributed by atoms with Gasteiger partial charge in [-0.3, -0.25) is 9.78 Å². The number of carbonyl (C=O) groups excluding carboxylic acids is 1. The first kappa shape index (κ1) is 16.0. The normalized spacial score (nSPS) is 10.4. The summed E-state index contributed by atoms with van der Waals surface area (Å²) in [5, 5.41) is 2.97. The second-order valence-corrected chi connectivity index (χ2v) is 5.71. The number of amides is 1. The standard InChI is InChI=1S/C15H24N2OS/c1-2-3-4-5-6-7-15(18)17-12-13-19-14-8-10-16-11-9-14/h8-11H,2-7,12-13H2,1H3,(H,17,18). The lowest BCUT2D eigenvalue weighted by Gasteiger charge is -2.05. The molecule has 3 nitrogen and oxygen atoms in total. The number of thioether (sulfide) groups is 1. The fourth-order valence-corrected chi connectivity index (χ4v) is 2.53. The van der Waals surface area contributed by atoms with Gasteiger partial charge in [0.15, 0.2) is 0 Å². The minimum Gasteiger partial charge on any atom is -0.355 e. The molecule has 1 heterocycles. The highest BCUT2D eigenvalue weighted by molar-refractivity contribution is 7.99. The van der Waals surface area contributed by atoms with Gasteiger partial charge < -0.3 is 5.32 Å². The van der Waals surface area contributed by atoms with Crippen LogP contribution in [0.4, 0.5) is 0 Å². The molecule has 0 aliphatic rings. The minimum absolute atomic E-state index is 0.187. The molecule has 0 aromatic carbocycles. The molecule has 0 saturated heterocycles. The van der Waals surface area contributed by atoms with E-state index in [0.29, 0.717) is 6.42 Å². The molecular weight excluding hydrogens is 256 g/mol. The van der Waals surface area contributed by atoms with Crippen molar-refractivity contribution in [2.24, 2.45) is 0 Å². The first-order valence-corrected chi connectivity index (χ1v) is 8.11. The molecule has 4 heteroatoms. The van der Waals surface area contributed by atoms with Crippen LogP contribution in [0.3, 0.4) is 0 Å². The van der Waals surface area contributed by atoms with E-state index in [0.717, 1.165) is 18.7 Å². The van der Waals surface area contributed by atoms with E-state index >= 15 is 0 Å². The summed E-state index contributed by atoms with van der Waals surface area (Å²) in [5.74, 6) is 1.10. The van der Waals surface area contributed by atoms with Crippen LogP contribution in [0.25, 0.3) is 0 Å². The van der Waals surface area contributed by atoms with E-state index < -0.39 is 0 Å². The van der Waals surface area contributed by atoms with Crippen molar-refractivity contribution in [3.05, 3.63) is 24.5 Å². The molecule has 1 aromatic rings. The monoisotopic (exact) mass is 280 g/mol. The SMILES string of the molecule is CCCCCCCC(=O)NCCSc1ccncc1. The Bertz CT molecular complexity index is 343. The molecular formula is C15H24N2OS. The summed E-state index contributed by atoms with van der Waals surface area (Å²) < 4.78 is 0. The van der Waals surface area contributed by atoms with E-state index in [-0.39, 0.29) is 5.91 Å². The maximum absolute atomic E-state index is 11.6. The predicted octanol–water partition coefficient (Wildman–Crippen LogP) is 3.65. The first-order valence-electron chi connectivity index (χ1n) is 7.12. The number of rotatable bonds is 10. The van der Waals surface area contributed by atoms with Gasteiger partial charge in [0.05, 0.1) is 0 Å². The third kappa shape index (κ3) is 8.65. The molecule has 0 unspecified atom stereocenters. The Balaban J connectivity index is 1.95. The van der Waals surface area contributed by atoms with Gasteiger partial charge in [-0.2, -0.15) is 0 Å². The lowest BCUT2D eigenvalue weighted by atomic mass is 10.1. The van der Waals surface area contributed by atoms with Crippen LogP contribution in [0.1, 0.15) is 45.4 Å². The Hall–Kier alpha value is -1.03. The average molecular weight is 280 g/mol. The van der Waals surface area contributed by atoms with E-state index in [9.17, 15) is 4.79 Å². The number of pyridine rings is 1. The number of unbranched alkanes of at least 4 members (excludes halogenated alkanes) is 4. The van der Waals surface area contributed by atoms with Crippen LogP contribution in [-0.2, 0) is 4.79 Å². The molecule has 0 spiro atoms. The zero-order valence-electron chi connectivity index (χ0n) is 11.7. The Morgan fingerprint density at radius 1 is 1.21 bits per heavy atom. The lowest BCUT2D eigenvalue weighted by molar-refractivity contribution is -0.121. The zero-order valence-corrected chi connectivity index (χ0v) is 12.5. The van der Waals surface area contributed by atoms with E-state index in [1.54, 1.807) is 24.2 Å². The lowest BCUT2D eigenvalue weighted by Crippen LogP contribution is -2.25. The molecule has 1 N–H and O–H groups in total. The summed E-state index contributed by atoms with van der Waals surface area (Å²) in [7, 11) is 0. The van der Waals surface area contributed by atoms with Crippen molar-refractivity contribution in [2.45, 2.75) is 50.3 Å². The Morgan fingerprint density at radius 2 is 1.95 bits per heavy atom. The van der Waals surface area contributed by atoms with Crippen molar-refractivity contribution in [1.82, 2.24) is 10.3 Å². The van der Waals surface area contributed by atoms with E-state index in [2.05, 4.69) is 17.2 Å². The topological polar surface area (TPSA) is 42.0 Å². The highest BCUT2D eigenvalue weighted by atomic mass is 32.2. The Labute approximate surface area is 120 Å². The molecule has 0 bridgehead atoms. The molecule has 106 valence electrons. The van der Waals surface area contributed by atoms with E-state index in [1.165, 1.54) is 30.6 Å². The first-order chi connectivity index (χ1) is 9.33. The van der Waals surface area contributed by atoms with Gasteiger partial charge in [0, 0.05) is 36.0 Å². The van der Waals surface area contributed by atoms with Crippen LogP contribution >= 0.6 is 11.8 Å². The fraction of sp³-hybridized carbons (Fsp3) is 0.600. The van der Waals surface area contributed by atoms with Gasteiger partial charge in [-0.05, 0) is 18.6 Å². The maximum atomic E-state index is 11.6. The largest absolute Gasteiger partial charge is 0.355 e.